The van der Waals surface area contributed by atoms with Gasteiger partial charge in [0.1, 0.15) is 22.6 Å². The fraction of sp³-hybridized carbons (Fsp3) is 0.426. The molecule has 0 fully saturated rings. The van der Waals surface area contributed by atoms with Gasteiger partial charge < -0.3 is 32.7 Å². The number of amides is 2. The maximum atomic E-state index is 14.0. The summed E-state index contributed by atoms with van der Waals surface area (Å²) in [5.41, 5.74) is 4.00. The Bertz CT molecular complexity index is 4400. The van der Waals surface area contributed by atoms with Crippen molar-refractivity contribution >= 4 is 130 Å². The van der Waals surface area contributed by atoms with Gasteiger partial charge in [-0.15, -0.1) is 0 Å². The average Bonchev–Trinajstić information content (AvgIpc) is 1.51. The number of aromatic nitrogens is 2. The number of nitrogens with one attached hydrogen (secondary N) is 2. The molecule has 2 aromatic heterocycles. The van der Waals surface area contributed by atoms with Crippen LogP contribution in [0.5, 0.6) is 0 Å². The van der Waals surface area contributed by atoms with Crippen LogP contribution >= 0.6 is 0 Å². The van der Waals surface area contributed by atoms with Crippen LogP contribution in [0.2, 0.25) is 38.3 Å². The molecule has 10 rings (SSSR count). The van der Waals surface area contributed by atoms with Crippen molar-refractivity contribution in [1.29, 1.82) is 0 Å². The minimum Gasteiger partial charge on any atom is -0.748 e. The summed E-state index contributed by atoms with van der Waals surface area (Å²) in [5.74, 6) is 14.9. The van der Waals surface area contributed by atoms with Crippen molar-refractivity contribution < 1.29 is 70.3 Å². The number of carbonyl (C=O) groups is 3. The summed E-state index contributed by atoms with van der Waals surface area (Å²) in [7, 11) is -24.0. The molecular formula is C61H80N14O15S3Si3. The molecule has 1 unspecified atom stereocenters. The number of nitrogens with two attached hydrogens (primary N) is 3. The van der Waals surface area contributed by atoms with Crippen LogP contribution in [0.25, 0.3) is 21.5 Å². The third-order valence-electron chi connectivity index (χ3n) is 17.3. The van der Waals surface area contributed by atoms with Crippen LogP contribution in [-0.2, 0) is 66.4 Å². The van der Waals surface area contributed by atoms with E-state index in [9.17, 15) is 44.2 Å². The molecule has 96 heavy (non-hydrogen) atoms. The van der Waals surface area contributed by atoms with E-state index in [1.54, 1.807) is 0 Å². The molecule has 0 aliphatic carbocycles. The quantitative estimate of drug-likeness (QED) is 0.0120. The Morgan fingerprint density at radius 2 is 0.865 bits per heavy atom. The van der Waals surface area contributed by atoms with Crippen LogP contribution in [0.3, 0.4) is 0 Å². The number of fused-ring (bicyclic) bond motifs is 14. The van der Waals surface area contributed by atoms with Crippen molar-refractivity contribution in [2.75, 3.05) is 56.5 Å². The summed E-state index contributed by atoms with van der Waals surface area (Å²) in [5, 5.41) is 9.07. The van der Waals surface area contributed by atoms with Crippen LogP contribution in [0, 0.1) is 0 Å². The van der Waals surface area contributed by atoms with Gasteiger partial charge in [0.05, 0.1) is 47.8 Å². The summed E-state index contributed by atoms with van der Waals surface area (Å²) in [6, 6.07) is 32.5. The Hall–Kier alpha value is -7.21. The number of hydrogen-bond donors (Lipinski definition) is 5. The molecule has 1 atom stereocenters. The normalized spacial score (nSPS) is 17.8. The lowest BCUT2D eigenvalue weighted by atomic mass is 10.1. The first kappa shape index (κ1) is 71.6. The van der Waals surface area contributed by atoms with Gasteiger partial charge in [0.2, 0.25) is 11.8 Å². The van der Waals surface area contributed by atoms with Gasteiger partial charge in [-0.05, 0) is 64.0 Å². The predicted octanol–water partition coefficient (Wildman–Crippen LogP) is 4.56. The predicted molar refractivity (Wildman–Crippen MR) is 367 cm³/mol. The topological polar surface area (TPSA) is 409 Å². The number of amidine groups is 4. The van der Waals surface area contributed by atoms with Crippen molar-refractivity contribution in [3.63, 3.8) is 0 Å². The van der Waals surface area contributed by atoms with E-state index >= 15 is 0 Å². The Labute approximate surface area is 559 Å². The Morgan fingerprint density at radius 1 is 0.490 bits per heavy atom. The molecule has 6 bridgehead atoms. The third kappa shape index (κ3) is 16.8. The SMILES string of the molecule is C[Si](C)(CCCNC(=O)CCCCC(=O)ON)O[Si]1(O[Si](C)(C)CCCNC(=O)CCC[N+](CCCS(=O)(=O)[O-])(CCCS(=O)(=O)ON)CCCS(=O)(=O)ON)n2c3c4ccccc4c2/N=C2N=C(/N=c4/c5ccccc5/c(n41)=N/C1=NC(=N\3)/c3ccccc31)c1ccccc1\2. The fourth-order valence-electron chi connectivity index (χ4n) is 12.8. The highest BCUT2D eigenvalue weighted by atomic mass is 32.2. The van der Waals surface area contributed by atoms with Crippen LogP contribution in [-0.4, -0.2) is 166 Å². The van der Waals surface area contributed by atoms with Gasteiger partial charge in [0.15, 0.2) is 40.0 Å². The molecule has 0 saturated carbocycles. The number of quaternary nitrogens is 1. The summed E-state index contributed by atoms with van der Waals surface area (Å²) in [6.07, 6.45) is 2.19. The molecule has 514 valence electrons. The minimum atomic E-state index is -4.70. The second-order valence-electron chi connectivity index (χ2n) is 25.4. The molecule has 0 spiro atoms. The zero-order chi connectivity index (χ0) is 68.7. The highest BCUT2D eigenvalue weighted by Gasteiger charge is 2.58. The first-order chi connectivity index (χ1) is 45.7. The number of rotatable bonds is 35. The second kappa shape index (κ2) is 29.9. The van der Waals surface area contributed by atoms with Crippen molar-refractivity contribution in [2.24, 2.45) is 47.6 Å². The van der Waals surface area contributed by atoms with E-state index in [0.717, 1.165) is 43.8 Å². The molecule has 8 N–H and O–H groups in total. The van der Waals surface area contributed by atoms with Crippen molar-refractivity contribution in [3.05, 3.63) is 130 Å². The summed E-state index contributed by atoms with van der Waals surface area (Å²) >= 11 is 0. The van der Waals surface area contributed by atoms with E-state index in [4.69, 9.17) is 55.9 Å². The maximum Gasteiger partial charge on any atom is 0.582 e. The number of nitrogens with zero attached hydrogens (tertiary/aromatic N) is 9. The van der Waals surface area contributed by atoms with E-state index in [-0.39, 0.29) is 94.0 Å². The van der Waals surface area contributed by atoms with Gasteiger partial charge >= 0.3 is 14.9 Å². The smallest absolute Gasteiger partial charge is 0.582 e. The van der Waals surface area contributed by atoms with Crippen LogP contribution in [0.4, 0.5) is 11.6 Å². The molecule has 2 amide bonds. The van der Waals surface area contributed by atoms with E-state index in [2.05, 4.69) is 58.7 Å². The number of carbonyl (C=O) groups excluding carboxylic acids is 3. The Kier molecular flexibility index (Phi) is 22.3. The number of unbranched alkanes of at least 4 members (excludes halogenated alkanes) is 1. The molecule has 6 aromatic rings. The summed E-state index contributed by atoms with van der Waals surface area (Å²) in [6.45, 7) is 9.40. The first-order valence-electron chi connectivity index (χ1n) is 31.8. The zero-order valence-corrected chi connectivity index (χ0v) is 59.3. The van der Waals surface area contributed by atoms with E-state index < -0.39 is 79.1 Å². The minimum absolute atomic E-state index is 0.0199. The molecule has 4 aliphatic rings. The zero-order valence-electron chi connectivity index (χ0n) is 53.9. The highest BCUT2D eigenvalue weighted by Crippen LogP contribution is 2.45. The molecule has 0 radical (unpaired) electrons. The van der Waals surface area contributed by atoms with E-state index in [0.29, 0.717) is 90.3 Å². The van der Waals surface area contributed by atoms with Crippen molar-refractivity contribution in [3.8, 4) is 0 Å². The Balaban J connectivity index is 1.03. The van der Waals surface area contributed by atoms with Crippen LogP contribution in [0.1, 0.15) is 92.9 Å². The lowest BCUT2D eigenvalue weighted by molar-refractivity contribution is -0.928. The maximum absolute atomic E-state index is 14.0. The summed E-state index contributed by atoms with van der Waals surface area (Å²) in [4.78, 5) is 76.0. The van der Waals surface area contributed by atoms with Gasteiger partial charge in [0, 0.05) is 108 Å². The highest BCUT2D eigenvalue weighted by molar-refractivity contribution is 7.87. The van der Waals surface area contributed by atoms with Gasteiger partial charge in [-0.3, -0.25) is 22.8 Å². The second-order valence-corrected chi connectivity index (χ2v) is 42.0. The van der Waals surface area contributed by atoms with Crippen molar-refractivity contribution in [2.45, 2.75) is 109 Å². The number of benzene rings is 4. The van der Waals surface area contributed by atoms with Gasteiger partial charge in [-0.2, -0.15) is 43.1 Å². The van der Waals surface area contributed by atoms with Gasteiger partial charge in [-0.25, -0.2) is 38.4 Å². The summed E-state index contributed by atoms with van der Waals surface area (Å²) < 4.78 is 114. The number of aliphatic imine (C=N–C) groups is 4. The standard InChI is InChI=1S/C61H80N14O15S3Si3/c1-94(2,41-16-32-65-51(76)29-13-14-31-53(78)86-62)89-96(90-95(3,4)42-17-33-66-52(77)30-15-34-75(35-18-38-91(79,80)81,36-19-39-92(82,83)87-63)37-20-40-93(84,85)88-64)73-58-47-25-9-10-26-48(47)60(73)71-56-45-23-7-8-24-46(45)57(68-56)72-61-50-28-12-11-27-49(50)59(74(61)96)70-55-44-22-6-5-21-43(44)54(67-55)69-58/h5-12,21-28H,13-20,29-42,62-64H2,1-4H3,(H2-,65,66,76,77,79,80,81)/b69-54-,69-58?,70-55?,70-59-,71-56-,71-60?,72-57?,72-61-. The monoisotopic (exact) mass is 1430 g/mol. The van der Waals surface area contributed by atoms with E-state index in [1.165, 1.54) is 0 Å². The third-order valence-corrected chi connectivity index (χ3v) is 31.9. The number of hydrogen-bond acceptors (Lipinski definition) is 24. The molecule has 29 nitrogen and oxygen atoms in total. The van der Waals surface area contributed by atoms with Gasteiger partial charge in [-0.1, -0.05) is 97.1 Å². The fourth-order valence-corrected chi connectivity index (χ4v) is 27.0. The molecule has 35 heteroatoms. The lowest BCUT2D eigenvalue weighted by Gasteiger charge is -2.43. The molecule has 4 aromatic carbocycles. The van der Waals surface area contributed by atoms with Crippen LogP contribution in [0.15, 0.2) is 127 Å². The molecule has 6 heterocycles. The lowest BCUT2D eigenvalue weighted by Crippen LogP contribution is -2.70. The average molecular weight is 1430 g/mol. The Morgan fingerprint density at radius 3 is 1.28 bits per heavy atom. The van der Waals surface area contributed by atoms with Crippen LogP contribution < -0.4 is 39.3 Å². The largest absolute Gasteiger partial charge is 0.748 e. The first-order valence-corrected chi connectivity index (χ1v) is 44.5. The van der Waals surface area contributed by atoms with E-state index in [1.807, 2.05) is 97.1 Å². The van der Waals surface area contributed by atoms with Crippen molar-refractivity contribution in [1.82, 2.24) is 19.1 Å². The van der Waals surface area contributed by atoms with Gasteiger partial charge in [0.25, 0.3) is 20.2 Å². The molecule has 0 saturated heterocycles. The molecule has 4 aliphatic heterocycles. The molecular weight excluding hydrogens is 1350 g/mol.